The Balaban J connectivity index is 1.99. The molecule has 2 rings (SSSR count). The minimum atomic E-state index is -0.105. The highest BCUT2D eigenvalue weighted by Crippen LogP contribution is 2.17. The van der Waals surface area contributed by atoms with Gasteiger partial charge in [-0.15, -0.1) is 0 Å². The number of hydrogen-bond acceptors (Lipinski definition) is 4. The van der Waals surface area contributed by atoms with E-state index in [1.807, 2.05) is 12.1 Å². The van der Waals surface area contributed by atoms with Crippen molar-refractivity contribution in [1.29, 1.82) is 0 Å². The van der Waals surface area contributed by atoms with E-state index in [1.165, 1.54) is 19.3 Å². The van der Waals surface area contributed by atoms with Crippen molar-refractivity contribution in [3.63, 3.8) is 0 Å². The quantitative estimate of drug-likeness (QED) is 0.794. The average Bonchev–Trinajstić information content (AvgIpc) is 3.00. The number of aryl methyl sites for hydroxylation is 1. The summed E-state index contributed by atoms with van der Waals surface area (Å²) in [6.07, 6.45) is 5.54. The number of hydrogen-bond donors (Lipinski definition) is 1. The fourth-order valence-electron chi connectivity index (χ4n) is 2.09. The van der Waals surface area contributed by atoms with Gasteiger partial charge >= 0.3 is 0 Å². The van der Waals surface area contributed by atoms with Crippen LogP contribution in [0, 0.1) is 0 Å². The summed E-state index contributed by atoms with van der Waals surface area (Å²) in [6, 6.07) is 7.17. The second kappa shape index (κ2) is 7.57. The van der Waals surface area contributed by atoms with Gasteiger partial charge in [-0.1, -0.05) is 43.5 Å². The van der Waals surface area contributed by atoms with Crippen molar-refractivity contribution >= 4 is 5.91 Å². The molecule has 2 aromatic rings. The second-order valence-corrected chi connectivity index (χ2v) is 4.98. The van der Waals surface area contributed by atoms with E-state index < -0.39 is 0 Å². The van der Waals surface area contributed by atoms with Crippen LogP contribution in [0.3, 0.4) is 0 Å². The molecule has 1 aromatic carbocycles. The molecule has 0 aliphatic carbocycles. The SMILES string of the molecule is CCCCCCc1nc(-c2ccc(C(=O)NC)cc2)no1. The van der Waals surface area contributed by atoms with Gasteiger partial charge in [0.25, 0.3) is 5.91 Å². The Morgan fingerprint density at radius 3 is 2.62 bits per heavy atom. The van der Waals surface area contributed by atoms with Crippen LogP contribution in [0.25, 0.3) is 11.4 Å². The molecular weight excluding hydrogens is 266 g/mol. The first-order valence-electron chi connectivity index (χ1n) is 7.39. The molecule has 0 radical (unpaired) electrons. The number of aromatic nitrogens is 2. The lowest BCUT2D eigenvalue weighted by Crippen LogP contribution is -2.17. The van der Waals surface area contributed by atoms with Crippen LogP contribution in [-0.2, 0) is 6.42 Å². The van der Waals surface area contributed by atoms with E-state index >= 15 is 0 Å². The zero-order chi connectivity index (χ0) is 15.1. The molecule has 21 heavy (non-hydrogen) atoms. The Bertz CT molecular complexity index is 575. The van der Waals surface area contributed by atoms with Crippen molar-refractivity contribution in [3.8, 4) is 11.4 Å². The molecule has 1 amide bonds. The van der Waals surface area contributed by atoms with Crippen molar-refractivity contribution < 1.29 is 9.32 Å². The molecule has 0 aliphatic heterocycles. The molecular formula is C16H21N3O2. The van der Waals surface area contributed by atoms with Crippen LogP contribution in [0.5, 0.6) is 0 Å². The first-order chi connectivity index (χ1) is 10.2. The summed E-state index contributed by atoms with van der Waals surface area (Å²) in [5, 5.41) is 6.58. The van der Waals surface area contributed by atoms with Gasteiger partial charge in [-0.25, -0.2) is 0 Å². The third-order valence-corrected chi connectivity index (χ3v) is 3.34. The van der Waals surface area contributed by atoms with Crippen LogP contribution < -0.4 is 5.32 Å². The molecule has 0 bridgehead atoms. The average molecular weight is 287 g/mol. The second-order valence-electron chi connectivity index (χ2n) is 4.98. The zero-order valence-corrected chi connectivity index (χ0v) is 12.6. The van der Waals surface area contributed by atoms with Gasteiger partial charge in [-0.3, -0.25) is 4.79 Å². The molecule has 0 unspecified atom stereocenters. The van der Waals surface area contributed by atoms with Crippen molar-refractivity contribution in [3.05, 3.63) is 35.7 Å². The van der Waals surface area contributed by atoms with Crippen molar-refractivity contribution in [2.45, 2.75) is 39.0 Å². The molecule has 0 fully saturated rings. The molecule has 1 N–H and O–H groups in total. The minimum Gasteiger partial charge on any atom is -0.355 e. The maximum absolute atomic E-state index is 11.5. The van der Waals surface area contributed by atoms with Gasteiger partial charge in [0.05, 0.1) is 0 Å². The van der Waals surface area contributed by atoms with Crippen molar-refractivity contribution in [2.24, 2.45) is 0 Å². The molecule has 112 valence electrons. The summed E-state index contributed by atoms with van der Waals surface area (Å²) in [7, 11) is 1.61. The van der Waals surface area contributed by atoms with Gasteiger partial charge in [0.2, 0.25) is 11.7 Å². The first kappa shape index (κ1) is 15.2. The topological polar surface area (TPSA) is 68.0 Å². The lowest BCUT2D eigenvalue weighted by atomic mass is 10.1. The Morgan fingerprint density at radius 1 is 1.19 bits per heavy atom. The molecule has 0 aliphatic rings. The largest absolute Gasteiger partial charge is 0.355 e. The third-order valence-electron chi connectivity index (χ3n) is 3.34. The van der Waals surface area contributed by atoms with E-state index in [1.54, 1.807) is 19.2 Å². The first-order valence-corrected chi connectivity index (χ1v) is 7.39. The number of benzene rings is 1. The summed E-state index contributed by atoms with van der Waals surface area (Å²) in [5.41, 5.74) is 1.47. The normalized spacial score (nSPS) is 10.6. The Morgan fingerprint density at radius 2 is 1.95 bits per heavy atom. The van der Waals surface area contributed by atoms with Crippen LogP contribution in [0.1, 0.15) is 48.9 Å². The highest BCUT2D eigenvalue weighted by Gasteiger charge is 2.09. The van der Waals surface area contributed by atoms with E-state index in [-0.39, 0.29) is 5.91 Å². The molecule has 5 heteroatoms. The standard InChI is InChI=1S/C16H21N3O2/c1-3-4-5-6-7-14-18-15(19-21-14)12-8-10-13(11-9-12)16(20)17-2/h8-11H,3-7H2,1-2H3,(H,17,20). The Labute approximate surface area is 124 Å². The number of unbranched alkanes of at least 4 members (excludes halogenated alkanes) is 3. The summed E-state index contributed by atoms with van der Waals surface area (Å²) >= 11 is 0. The molecule has 1 heterocycles. The fraction of sp³-hybridized carbons (Fsp3) is 0.438. The fourth-order valence-corrected chi connectivity index (χ4v) is 2.09. The molecule has 0 atom stereocenters. The number of carbonyl (C=O) groups is 1. The Hall–Kier alpha value is -2.17. The number of carbonyl (C=O) groups excluding carboxylic acids is 1. The summed E-state index contributed by atoms with van der Waals surface area (Å²) in [4.78, 5) is 15.9. The number of nitrogens with one attached hydrogen (secondary N) is 1. The van der Waals surface area contributed by atoms with Crippen molar-refractivity contribution in [2.75, 3.05) is 7.05 Å². The number of rotatable bonds is 7. The van der Waals surface area contributed by atoms with Crippen LogP contribution in [-0.4, -0.2) is 23.1 Å². The Kier molecular flexibility index (Phi) is 5.49. The minimum absolute atomic E-state index is 0.105. The monoisotopic (exact) mass is 287 g/mol. The zero-order valence-electron chi connectivity index (χ0n) is 12.6. The smallest absolute Gasteiger partial charge is 0.251 e. The predicted octanol–water partition coefficient (Wildman–Crippen LogP) is 3.22. The predicted molar refractivity (Wildman–Crippen MR) is 81.0 cm³/mol. The number of nitrogens with zero attached hydrogens (tertiary/aromatic N) is 2. The van der Waals surface area contributed by atoms with Crippen LogP contribution in [0.4, 0.5) is 0 Å². The van der Waals surface area contributed by atoms with Gasteiger partial charge in [-0.05, 0) is 18.6 Å². The molecule has 0 saturated carbocycles. The maximum Gasteiger partial charge on any atom is 0.251 e. The summed E-state index contributed by atoms with van der Waals surface area (Å²) < 4.78 is 5.26. The van der Waals surface area contributed by atoms with Gasteiger partial charge < -0.3 is 9.84 Å². The lowest BCUT2D eigenvalue weighted by molar-refractivity contribution is 0.0963. The number of amides is 1. The van der Waals surface area contributed by atoms with Crippen LogP contribution >= 0.6 is 0 Å². The molecule has 1 aromatic heterocycles. The van der Waals surface area contributed by atoms with Gasteiger partial charge in [0.15, 0.2) is 0 Å². The van der Waals surface area contributed by atoms with Gasteiger partial charge in [-0.2, -0.15) is 4.98 Å². The van der Waals surface area contributed by atoms with Crippen LogP contribution in [0.2, 0.25) is 0 Å². The lowest BCUT2D eigenvalue weighted by Gasteiger charge is -1.99. The summed E-state index contributed by atoms with van der Waals surface area (Å²) in [5.74, 6) is 1.15. The summed E-state index contributed by atoms with van der Waals surface area (Å²) in [6.45, 7) is 2.19. The van der Waals surface area contributed by atoms with Gasteiger partial charge in [0, 0.05) is 24.6 Å². The highest BCUT2D eigenvalue weighted by atomic mass is 16.5. The molecule has 0 spiro atoms. The molecule has 0 saturated heterocycles. The third kappa shape index (κ3) is 4.15. The van der Waals surface area contributed by atoms with E-state index in [4.69, 9.17) is 4.52 Å². The maximum atomic E-state index is 11.5. The van der Waals surface area contributed by atoms with E-state index in [0.717, 1.165) is 18.4 Å². The van der Waals surface area contributed by atoms with E-state index in [2.05, 4.69) is 22.4 Å². The van der Waals surface area contributed by atoms with Gasteiger partial charge in [0.1, 0.15) is 0 Å². The molecule has 5 nitrogen and oxygen atoms in total. The van der Waals surface area contributed by atoms with Crippen LogP contribution in [0.15, 0.2) is 28.8 Å². The van der Waals surface area contributed by atoms with E-state index in [0.29, 0.717) is 17.3 Å². The van der Waals surface area contributed by atoms with E-state index in [9.17, 15) is 4.79 Å². The van der Waals surface area contributed by atoms with Crippen molar-refractivity contribution in [1.82, 2.24) is 15.5 Å². The highest BCUT2D eigenvalue weighted by molar-refractivity contribution is 5.94.